The lowest BCUT2D eigenvalue weighted by Gasteiger charge is -2.01. The summed E-state index contributed by atoms with van der Waals surface area (Å²) >= 11 is 6.08. The minimum absolute atomic E-state index is 0.682. The van der Waals surface area contributed by atoms with Gasteiger partial charge in [0.15, 0.2) is 6.29 Å². The van der Waals surface area contributed by atoms with Crippen molar-refractivity contribution >= 4 is 17.9 Å². The van der Waals surface area contributed by atoms with Crippen LogP contribution in [0.3, 0.4) is 0 Å². The van der Waals surface area contributed by atoms with E-state index < -0.39 is 0 Å². The Morgan fingerprint density at radius 2 is 2.12 bits per heavy atom. The summed E-state index contributed by atoms with van der Waals surface area (Å²) < 4.78 is 1.82. The van der Waals surface area contributed by atoms with E-state index in [1.165, 1.54) is 0 Å². The average molecular weight is 234 g/mol. The van der Waals surface area contributed by atoms with Crippen molar-refractivity contribution in [1.82, 2.24) is 4.57 Å². The molecule has 0 radical (unpaired) electrons. The van der Waals surface area contributed by atoms with E-state index in [0.29, 0.717) is 5.69 Å². The molecule has 0 aliphatic rings. The SMILES string of the molecule is Cn1cc(Cc2ccccc2Cl)cc1C=O. The second kappa shape index (κ2) is 4.54. The second-order valence-corrected chi connectivity index (χ2v) is 4.18. The number of aryl methyl sites for hydroxylation is 1. The van der Waals surface area contributed by atoms with E-state index in [2.05, 4.69) is 0 Å². The summed E-state index contributed by atoms with van der Waals surface area (Å²) in [6, 6.07) is 9.63. The summed E-state index contributed by atoms with van der Waals surface area (Å²) in [5.74, 6) is 0. The summed E-state index contributed by atoms with van der Waals surface area (Å²) in [6.45, 7) is 0. The number of benzene rings is 1. The van der Waals surface area contributed by atoms with Crippen LogP contribution in [0.1, 0.15) is 21.6 Å². The number of aromatic nitrogens is 1. The van der Waals surface area contributed by atoms with Crippen molar-refractivity contribution in [3.63, 3.8) is 0 Å². The van der Waals surface area contributed by atoms with Crippen molar-refractivity contribution < 1.29 is 4.79 Å². The van der Waals surface area contributed by atoms with Gasteiger partial charge >= 0.3 is 0 Å². The summed E-state index contributed by atoms with van der Waals surface area (Å²) in [5, 5.41) is 0.763. The number of halogens is 1. The molecule has 1 heterocycles. The van der Waals surface area contributed by atoms with Crippen LogP contribution >= 0.6 is 11.6 Å². The van der Waals surface area contributed by atoms with E-state index in [1.54, 1.807) is 0 Å². The number of hydrogen-bond donors (Lipinski definition) is 0. The molecule has 0 unspecified atom stereocenters. The molecule has 16 heavy (non-hydrogen) atoms. The lowest BCUT2D eigenvalue weighted by Crippen LogP contribution is -1.90. The molecule has 0 fully saturated rings. The molecule has 0 amide bonds. The smallest absolute Gasteiger partial charge is 0.166 e. The highest BCUT2D eigenvalue weighted by atomic mass is 35.5. The lowest BCUT2D eigenvalue weighted by atomic mass is 10.1. The highest BCUT2D eigenvalue weighted by Gasteiger charge is 2.05. The van der Waals surface area contributed by atoms with E-state index in [0.717, 1.165) is 28.9 Å². The third-order valence-electron chi connectivity index (χ3n) is 2.57. The van der Waals surface area contributed by atoms with Crippen molar-refractivity contribution in [3.8, 4) is 0 Å². The third-order valence-corrected chi connectivity index (χ3v) is 2.94. The van der Waals surface area contributed by atoms with Crippen LogP contribution < -0.4 is 0 Å². The first-order valence-electron chi connectivity index (χ1n) is 5.04. The predicted molar refractivity (Wildman–Crippen MR) is 65.1 cm³/mol. The first-order chi connectivity index (χ1) is 7.70. The first kappa shape index (κ1) is 11.0. The standard InChI is InChI=1S/C13H12ClNO/c1-15-8-10(7-12(15)9-16)6-11-4-2-3-5-13(11)14/h2-5,7-9H,6H2,1H3. The fourth-order valence-electron chi connectivity index (χ4n) is 1.73. The van der Waals surface area contributed by atoms with Crippen molar-refractivity contribution in [1.29, 1.82) is 0 Å². The van der Waals surface area contributed by atoms with Crippen molar-refractivity contribution in [2.24, 2.45) is 7.05 Å². The van der Waals surface area contributed by atoms with E-state index in [4.69, 9.17) is 11.6 Å². The fourth-order valence-corrected chi connectivity index (χ4v) is 1.93. The number of carbonyl (C=O) groups excluding carboxylic acids is 1. The molecule has 3 heteroatoms. The molecule has 0 N–H and O–H groups in total. The van der Waals surface area contributed by atoms with E-state index >= 15 is 0 Å². The highest BCUT2D eigenvalue weighted by Crippen LogP contribution is 2.19. The molecule has 0 bridgehead atoms. The van der Waals surface area contributed by atoms with Gasteiger partial charge in [0.05, 0.1) is 5.69 Å². The van der Waals surface area contributed by atoms with Crippen molar-refractivity contribution in [2.75, 3.05) is 0 Å². The third kappa shape index (κ3) is 2.17. The van der Waals surface area contributed by atoms with E-state index in [-0.39, 0.29) is 0 Å². The van der Waals surface area contributed by atoms with Crippen LogP contribution in [0, 0.1) is 0 Å². The zero-order valence-corrected chi connectivity index (χ0v) is 9.74. The first-order valence-corrected chi connectivity index (χ1v) is 5.42. The maximum atomic E-state index is 10.7. The summed E-state index contributed by atoms with van der Waals surface area (Å²) in [7, 11) is 1.86. The maximum absolute atomic E-state index is 10.7. The Balaban J connectivity index is 2.27. The topological polar surface area (TPSA) is 22.0 Å². The minimum atomic E-state index is 0.682. The molecular weight excluding hydrogens is 222 g/mol. The number of rotatable bonds is 3. The molecule has 0 atom stereocenters. The Kier molecular flexibility index (Phi) is 3.11. The van der Waals surface area contributed by atoms with Crippen LogP contribution in [-0.4, -0.2) is 10.9 Å². The normalized spacial score (nSPS) is 10.4. The molecule has 2 nitrogen and oxygen atoms in total. The molecule has 2 rings (SSSR count). The van der Waals surface area contributed by atoms with Gasteiger partial charge in [-0.2, -0.15) is 0 Å². The Bertz CT molecular complexity index is 516. The lowest BCUT2D eigenvalue weighted by molar-refractivity contribution is 0.111. The van der Waals surface area contributed by atoms with Gasteiger partial charge in [0.25, 0.3) is 0 Å². The van der Waals surface area contributed by atoms with Crippen molar-refractivity contribution in [3.05, 3.63) is 58.4 Å². The monoisotopic (exact) mass is 233 g/mol. The van der Waals surface area contributed by atoms with Crippen LogP contribution in [0.5, 0.6) is 0 Å². The second-order valence-electron chi connectivity index (χ2n) is 3.77. The number of carbonyl (C=O) groups is 1. The Morgan fingerprint density at radius 1 is 1.38 bits per heavy atom. The Hall–Kier alpha value is -1.54. The van der Waals surface area contributed by atoms with Crippen LogP contribution in [0.4, 0.5) is 0 Å². The zero-order valence-electron chi connectivity index (χ0n) is 8.98. The van der Waals surface area contributed by atoms with Crippen molar-refractivity contribution in [2.45, 2.75) is 6.42 Å². The van der Waals surface area contributed by atoms with Gasteiger partial charge < -0.3 is 4.57 Å². The maximum Gasteiger partial charge on any atom is 0.166 e. The fraction of sp³-hybridized carbons (Fsp3) is 0.154. The van der Waals surface area contributed by atoms with Gasteiger partial charge in [0.2, 0.25) is 0 Å². The van der Waals surface area contributed by atoms with Gasteiger partial charge in [-0.25, -0.2) is 0 Å². The van der Waals surface area contributed by atoms with E-state index in [1.807, 2.05) is 48.1 Å². The molecule has 0 saturated carbocycles. The molecule has 2 aromatic rings. The highest BCUT2D eigenvalue weighted by molar-refractivity contribution is 6.31. The van der Waals surface area contributed by atoms with Gasteiger partial charge in [0.1, 0.15) is 0 Å². The van der Waals surface area contributed by atoms with E-state index in [9.17, 15) is 4.79 Å². The molecular formula is C13H12ClNO. The number of aldehydes is 1. The molecule has 1 aromatic heterocycles. The predicted octanol–water partition coefficient (Wildman–Crippen LogP) is 3.08. The summed E-state index contributed by atoms with van der Waals surface area (Å²) in [4.78, 5) is 10.7. The van der Waals surface area contributed by atoms with Crippen LogP contribution in [0.15, 0.2) is 36.5 Å². The van der Waals surface area contributed by atoms with Gasteiger partial charge in [-0.1, -0.05) is 29.8 Å². The van der Waals surface area contributed by atoms with Gasteiger partial charge in [-0.05, 0) is 23.3 Å². The number of nitrogens with zero attached hydrogens (tertiary/aromatic N) is 1. The molecule has 0 spiro atoms. The molecule has 82 valence electrons. The summed E-state index contributed by atoms with van der Waals surface area (Å²) in [5.41, 5.74) is 2.85. The van der Waals surface area contributed by atoms with Crippen LogP contribution in [0.2, 0.25) is 5.02 Å². The van der Waals surface area contributed by atoms with Gasteiger partial charge in [-0.15, -0.1) is 0 Å². The quantitative estimate of drug-likeness (QED) is 0.747. The molecule has 0 aliphatic carbocycles. The van der Waals surface area contributed by atoms with Crippen LogP contribution in [0.25, 0.3) is 0 Å². The molecule has 0 saturated heterocycles. The number of hydrogen-bond acceptors (Lipinski definition) is 1. The largest absolute Gasteiger partial charge is 0.348 e. The Labute approximate surface area is 99.5 Å². The minimum Gasteiger partial charge on any atom is -0.348 e. The molecule has 1 aromatic carbocycles. The van der Waals surface area contributed by atoms with Crippen LogP contribution in [-0.2, 0) is 13.5 Å². The molecule has 0 aliphatic heterocycles. The van der Waals surface area contributed by atoms with Gasteiger partial charge in [-0.3, -0.25) is 4.79 Å². The zero-order chi connectivity index (χ0) is 11.5. The van der Waals surface area contributed by atoms with Gasteiger partial charge in [0, 0.05) is 24.7 Å². The Morgan fingerprint density at radius 3 is 2.75 bits per heavy atom. The average Bonchev–Trinajstić information content (AvgIpc) is 2.62. The summed E-state index contributed by atoms with van der Waals surface area (Å²) in [6.07, 6.45) is 3.56.